The van der Waals surface area contributed by atoms with Gasteiger partial charge in [0.05, 0.1) is 26.8 Å². The molecule has 0 unspecified atom stereocenters. The molecule has 2 aromatic carbocycles. The van der Waals surface area contributed by atoms with E-state index in [0.29, 0.717) is 5.89 Å². The summed E-state index contributed by atoms with van der Waals surface area (Å²) in [5.41, 5.74) is 1.07. The van der Waals surface area contributed by atoms with Crippen LogP contribution in [0.1, 0.15) is 54.9 Å². The van der Waals surface area contributed by atoms with Crippen LogP contribution in [0.2, 0.25) is 0 Å². The van der Waals surface area contributed by atoms with Crippen LogP contribution in [0, 0.1) is 5.92 Å². The molecule has 31 heavy (non-hydrogen) atoms. The Morgan fingerprint density at radius 3 is 2.29 bits per heavy atom. The number of likely N-dealkylation sites (N-methyl/N-ethyl adjacent to an activating group) is 1. The standard InChI is InChI=1S/C27H35N2O2/c1-29(2,19-18-22-12-6-3-7-13-22)21-25-20-28-26(31-25)27(30,23-14-8-4-9-15-23)24-16-10-5-11-17-24/h3-4,6-9,12-15,20,24,30H,5,10-11,16-19,21H2,1-2H3/q+1/t27-/m1/s1. The Labute approximate surface area is 186 Å². The summed E-state index contributed by atoms with van der Waals surface area (Å²) in [4.78, 5) is 4.62. The van der Waals surface area contributed by atoms with E-state index < -0.39 is 5.60 Å². The molecule has 0 bridgehead atoms. The zero-order valence-corrected chi connectivity index (χ0v) is 18.8. The summed E-state index contributed by atoms with van der Waals surface area (Å²) in [5, 5.41) is 12.0. The average molecular weight is 420 g/mol. The molecule has 1 aromatic heterocycles. The number of aromatic nitrogens is 1. The zero-order chi connectivity index (χ0) is 21.7. The number of aliphatic hydroxyl groups is 1. The van der Waals surface area contributed by atoms with Gasteiger partial charge in [-0.05, 0) is 24.0 Å². The van der Waals surface area contributed by atoms with Crippen molar-refractivity contribution in [3.63, 3.8) is 0 Å². The summed E-state index contributed by atoms with van der Waals surface area (Å²) in [5.74, 6) is 1.41. The van der Waals surface area contributed by atoms with Crippen LogP contribution >= 0.6 is 0 Å². The molecule has 1 fully saturated rings. The van der Waals surface area contributed by atoms with Crippen molar-refractivity contribution in [2.75, 3.05) is 20.6 Å². The first-order valence-corrected chi connectivity index (χ1v) is 11.6. The number of hydrogen-bond donors (Lipinski definition) is 1. The van der Waals surface area contributed by atoms with E-state index in [9.17, 15) is 5.11 Å². The third-order valence-corrected chi connectivity index (χ3v) is 6.72. The van der Waals surface area contributed by atoms with Crippen molar-refractivity contribution in [2.24, 2.45) is 5.92 Å². The fourth-order valence-electron chi connectivity index (χ4n) is 4.88. The fourth-order valence-corrected chi connectivity index (χ4v) is 4.88. The monoisotopic (exact) mass is 419 g/mol. The molecule has 4 heteroatoms. The SMILES string of the molecule is C[N+](C)(CCc1ccccc1)Cc1cnc([C@@](O)(c2ccccc2)C2CCCCC2)o1. The van der Waals surface area contributed by atoms with Gasteiger partial charge in [-0.15, -0.1) is 0 Å². The molecule has 0 radical (unpaired) electrons. The summed E-state index contributed by atoms with van der Waals surface area (Å²) < 4.78 is 7.07. The Hall–Kier alpha value is -2.43. The van der Waals surface area contributed by atoms with Gasteiger partial charge in [-0.25, -0.2) is 4.98 Å². The average Bonchev–Trinajstić information content (AvgIpc) is 3.27. The van der Waals surface area contributed by atoms with E-state index in [1.165, 1.54) is 12.0 Å². The normalized spacial score (nSPS) is 17.4. The Morgan fingerprint density at radius 1 is 0.968 bits per heavy atom. The molecule has 0 saturated heterocycles. The van der Waals surface area contributed by atoms with Gasteiger partial charge in [0.15, 0.2) is 11.4 Å². The maximum absolute atomic E-state index is 12.0. The maximum Gasteiger partial charge on any atom is 0.231 e. The second kappa shape index (κ2) is 9.37. The van der Waals surface area contributed by atoms with E-state index >= 15 is 0 Å². The molecular weight excluding hydrogens is 384 g/mol. The Morgan fingerprint density at radius 2 is 1.61 bits per heavy atom. The van der Waals surface area contributed by atoms with Gasteiger partial charge in [-0.3, -0.25) is 0 Å². The summed E-state index contributed by atoms with van der Waals surface area (Å²) in [7, 11) is 4.44. The summed E-state index contributed by atoms with van der Waals surface area (Å²) in [6.45, 7) is 1.75. The van der Waals surface area contributed by atoms with Gasteiger partial charge in [0.25, 0.3) is 0 Å². The second-order valence-corrected chi connectivity index (χ2v) is 9.65. The maximum atomic E-state index is 12.0. The minimum absolute atomic E-state index is 0.135. The first-order chi connectivity index (χ1) is 15.0. The highest BCUT2D eigenvalue weighted by Crippen LogP contribution is 2.43. The van der Waals surface area contributed by atoms with E-state index in [4.69, 9.17) is 4.42 Å². The van der Waals surface area contributed by atoms with Crippen molar-refractivity contribution in [1.29, 1.82) is 0 Å². The van der Waals surface area contributed by atoms with Gasteiger partial charge in [-0.1, -0.05) is 79.9 Å². The van der Waals surface area contributed by atoms with E-state index in [0.717, 1.165) is 61.0 Å². The molecule has 1 aliphatic carbocycles. The van der Waals surface area contributed by atoms with E-state index in [1.54, 1.807) is 0 Å². The van der Waals surface area contributed by atoms with Crippen LogP contribution in [0.15, 0.2) is 71.3 Å². The number of nitrogens with zero attached hydrogens (tertiary/aromatic N) is 2. The topological polar surface area (TPSA) is 46.3 Å². The molecule has 4 nitrogen and oxygen atoms in total. The quantitative estimate of drug-likeness (QED) is 0.503. The highest BCUT2D eigenvalue weighted by Gasteiger charge is 2.44. The number of rotatable bonds is 8. The second-order valence-electron chi connectivity index (χ2n) is 9.65. The van der Waals surface area contributed by atoms with Gasteiger partial charge in [-0.2, -0.15) is 0 Å². The van der Waals surface area contributed by atoms with Crippen molar-refractivity contribution in [1.82, 2.24) is 4.98 Å². The molecule has 1 atom stereocenters. The number of hydrogen-bond acceptors (Lipinski definition) is 3. The highest BCUT2D eigenvalue weighted by molar-refractivity contribution is 5.30. The molecule has 164 valence electrons. The Bertz CT molecular complexity index is 946. The summed E-state index contributed by atoms with van der Waals surface area (Å²) in [6.07, 6.45) is 8.38. The first-order valence-electron chi connectivity index (χ1n) is 11.6. The van der Waals surface area contributed by atoms with E-state index in [-0.39, 0.29) is 5.92 Å². The predicted octanol–water partition coefficient (Wildman–Crippen LogP) is 5.31. The minimum Gasteiger partial charge on any atom is -0.436 e. The Balaban J connectivity index is 1.53. The van der Waals surface area contributed by atoms with Crippen LogP contribution < -0.4 is 0 Å². The third-order valence-electron chi connectivity index (χ3n) is 6.72. The largest absolute Gasteiger partial charge is 0.436 e. The Kier molecular flexibility index (Phi) is 6.59. The van der Waals surface area contributed by atoms with Gasteiger partial charge in [0.2, 0.25) is 5.89 Å². The van der Waals surface area contributed by atoms with Crippen LogP contribution in [0.3, 0.4) is 0 Å². The fraction of sp³-hybridized carbons (Fsp3) is 0.444. The molecule has 0 amide bonds. The van der Waals surface area contributed by atoms with Crippen LogP contribution in [0.4, 0.5) is 0 Å². The van der Waals surface area contributed by atoms with Crippen molar-refractivity contribution in [3.05, 3.63) is 89.6 Å². The van der Waals surface area contributed by atoms with Crippen molar-refractivity contribution < 1.29 is 14.0 Å². The van der Waals surface area contributed by atoms with Crippen LogP contribution in [-0.2, 0) is 18.6 Å². The van der Waals surface area contributed by atoms with Gasteiger partial charge >= 0.3 is 0 Å². The molecular formula is C27H35N2O2+. The number of oxazole rings is 1. The molecule has 0 aliphatic heterocycles. The van der Waals surface area contributed by atoms with Crippen LogP contribution in [0.25, 0.3) is 0 Å². The molecule has 4 rings (SSSR count). The minimum atomic E-state index is -1.17. The van der Waals surface area contributed by atoms with Gasteiger partial charge in [0.1, 0.15) is 6.54 Å². The number of quaternary nitrogens is 1. The summed E-state index contributed by atoms with van der Waals surface area (Å²) in [6, 6.07) is 20.5. The molecule has 1 saturated carbocycles. The third kappa shape index (κ3) is 5.08. The first kappa shape index (κ1) is 21.8. The zero-order valence-electron chi connectivity index (χ0n) is 18.8. The van der Waals surface area contributed by atoms with Crippen LogP contribution in [-0.4, -0.2) is 35.2 Å². The van der Waals surface area contributed by atoms with Crippen LogP contribution in [0.5, 0.6) is 0 Å². The van der Waals surface area contributed by atoms with Crippen molar-refractivity contribution in [3.8, 4) is 0 Å². The van der Waals surface area contributed by atoms with E-state index in [2.05, 4.69) is 49.4 Å². The van der Waals surface area contributed by atoms with Crippen molar-refractivity contribution >= 4 is 0 Å². The predicted molar refractivity (Wildman–Crippen MR) is 123 cm³/mol. The van der Waals surface area contributed by atoms with Gasteiger partial charge in [0, 0.05) is 12.3 Å². The summed E-state index contributed by atoms with van der Waals surface area (Å²) >= 11 is 0. The lowest BCUT2D eigenvalue weighted by Gasteiger charge is -2.36. The lowest BCUT2D eigenvalue weighted by molar-refractivity contribution is -0.904. The highest BCUT2D eigenvalue weighted by atomic mass is 16.4. The van der Waals surface area contributed by atoms with Crippen molar-refractivity contribution in [2.45, 2.75) is 50.7 Å². The smallest absolute Gasteiger partial charge is 0.231 e. The lowest BCUT2D eigenvalue weighted by Crippen LogP contribution is -2.40. The molecule has 1 heterocycles. The van der Waals surface area contributed by atoms with Gasteiger partial charge < -0.3 is 14.0 Å². The number of benzene rings is 2. The lowest BCUT2D eigenvalue weighted by atomic mass is 9.73. The molecule has 1 aliphatic rings. The van der Waals surface area contributed by atoms with E-state index in [1.807, 2.05) is 36.5 Å². The molecule has 3 aromatic rings. The molecule has 1 N–H and O–H groups in total. The molecule has 0 spiro atoms.